The zero-order valence-corrected chi connectivity index (χ0v) is 17.7. The summed E-state index contributed by atoms with van der Waals surface area (Å²) in [5.74, 6) is -0.620. The van der Waals surface area contributed by atoms with Gasteiger partial charge in [-0.05, 0) is 29.8 Å². The molecule has 154 valence electrons. The Labute approximate surface area is 183 Å². The van der Waals surface area contributed by atoms with E-state index in [1.807, 2.05) is 4.90 Å². The van der Waals surface area contributed by atoms with Gasteiger partial charge in [0, 0.05) is 42.7 Å². The van der Waals surface area contributed by atoms with Crippen molar-refractivity contribution in [1.29, 1.82) is 0 Å². The molecule has 2 aromatic carbocycles. The topological polar surface area (TPSA) is 80.0 Å². The smallest absolute Gasteiger partial charge is 0.225 e. The van der Waals surface area contributed by atoms with Crippen molar-refractivity contribution in [3.63, 3.8) is 0 Å². The van der Waals surface area contributed by atoms with Gasteiger partial charge in [-0.2, -0.15) is 4.98 Å². The maximum atomic E-state index is 15.8. The van der Waals surface area contributed by atoms with E-state index in [1.54, 1.807) is 6.07 Å². The summed E-state index contributed by atoms with van der Waals surface area (Å²) in [4.78, 5) is 14.6. The monoisotopic (exact) mass is 466 g/mol. The second-order valence-corrected chi connectivity index (χ2v) is 8.60. The molecule has 0 radical (unpaired) electrons. The number of hydrogen-bond acceptors (Lipinski definition) is 7. The molecule has 0 bridgehead atoms. The van der Waals surface area contributed by atoms with Gasteiger partial charge in [0.1, 0.15) is 17.2 Å². The van der Waals surface area contributed by atoms with Crippen LogP contribution in [0.1, 0.15) is 0 Å². The van der Waals surface area contributed by atoms with Crippen molar-refractivity contribution < 1.29 is 8.78 Å². The summed E-state index contributed by atoms with van der Waals surface area (Å²) in [7, 11) is 0. The number of anilines is 2. The summed E-state index contributed by atoms with van der Waals surface area (Å²) in [6.45, 7) is 2.94. The van der Waals surface area contributed by atoms with Crippen LogP contribution >= 0.6 is 34.5 Å². The molecule has 1 saturated heterocycles. The third-order valence-corrected chi connectivity index (χ3v) is 6.39. The van der Waals surface area contributed by atoms with Gasteiger partial charge < -0.3 is 16.0 Å². The number of rotatable bonds is 2. The molecule has 1 fully saturated rings. The average molecular weight is 467 g/mol. The lowest BCUT2D eigenvalue weighted by atomic mass is 10.0. The van der Waals surface area contributed by atoms with E-state index in [2.05, 4.69) is 20.3 Å². The minimum atomic E-state index is -0.669. The number of piperazine rings is 1. The number of nitrogens with zero attached hydrogens (tertiary/aromatic N) is 4. The molecule has 2 aromatic heterocycles. The average Bonchev–Trinajstić information content (AvgIpc) is 3.13. The van der Waals surface area contributed by atoms with Crippen LogP contribution in [0, 0.1) is 11.6 Å². The first-order valence-electron chi connectivity index (χ1n) is 9.10. The first-order chi connectivity index (χ1) is 14.4. The fraction of sp³-hybridized carbons (Fsp3) is 0.211. The van der Waals surface area contributed by atoms with Crippen molar-refractivity contribution in [3.05, 3.63) is 40.1 Å². The Kier molecular flexibility index (Phi) is 4.85. The van der Waals surface area contributed by atoms with Crippen molar-refractivity contribution in [2.75, 3.05) is 36.8 Å². The quantitative estimate of drug-likeness (QED) is 0.423. The fourth-order valence-corrected chi connectivity index (χ4v) is 4.93. The lowest BCUT2D eigenvalue weighted by molar-refractivity contribution is 0.585. The van der Waals surface area contributed by atoms with Gasteiger partial charge in [-0.25, -0.2) is 18.7 Å². The van der Waals surface area contributed by atoms with E-state index in [0.29, 0.717) is 29.9 Å². The highest BCUT2D eigenvalue weighted by molar-refractivity contribution is 7.22. The summed E-state index contributed by atoms with van der Waals surface area (Å²) in [6.07, 6.45) is 0. The van der Waals surface area contributed by atoms with Gasteiger partial charge >= 0.3 is 0 Å². The Hall–Kier alpha value is -2.33. The standard InChI is InChI=1S/C19H14Cl2F2N6S/c20-10-7-9-14(26-18(21)28-17(9)29-5-3-25-4-6-29)13(23)12(10)8-1-2-11(22)16-15(8)27-19(24)30-16/h1-2,7,25H,3-6H2,(H2,24,27). The van der Waals surface area contributed by atoms with E-state index >= 15 is 4.39 Å². The highest BCUT2D eigenvalue weighted by Crippen LogP contribution is 2.42. The van der Waals surface area contributed by atoms with Crippen LogP contribution in [0.25, 0.3) is 32.2 Å². The molecule has 1 aliphatic heterocycles. The van der Waals surface area contributed by atoms with Crippen LogP contribution in [-0.2, 0) is 0 Å². The van der Waals surface area contributed by atoms with Gasteiger partial charge in [-0.3, -0.25) is 0 Å². The molecule has 30 heavy (non-hydrogen) atoms. The van der Waals surface area contributed by atoms with Crippen LogP contribution in [0.15, 0.2) is 18.2 Å². The Morgan fingerprint density at radius 1 is 1.07 bits per heavy atom. The second kappa shape index (κ2) is 7.42. The van der Waals surface area contributed by atoms with Crippen molar-refractivity contribution >= 4 is 66.6 Å². The molecule has 0 spiro atoms. The molecular formula is C19H14Cl2F2N6S. The Bertz CT molecular complexity index is 1310. The largest absolute Gasteiger partial charge is 0.375 e. The van der Waals surface area contributed by atoms with E-state index in [1.165, 1.54) is 12.1 Å². The van der Waals surface area contributed by atoms with E-state index < -0.39 is 11.6 Å². The lowest BCUT2D eigenvalue weighted by Crippen LogP contribution is -2.44. The Morgan fingerprint density at radius 3 is 2.60 bits per heavy atom. The van der Waals surface area contributed by atoms with Gasteiger partial charge in [0.05, 0.1) is 15.2 Å². The molecule has 0 aliphatic carbocycles. The lowest BCUT2D eigenvalue weighted by Gasteiger charge is -2.29. The molecule has 3 heterocycles. The van der Waals surface area contributed by atoms with Gasteiger partial charge in [-0.1, -0.05) is 22.9 Å². The van der Waals surface area contributed by atoms with Crippen LogP contribution < -0.4 is 16.0 Å². The van der Waals surface area contributed by atoms with Gasteiger partial charge in [0.25, 0.3) is 0 Å². The molecule has 0 atom stereocenters. The number of aromatic nitrogens is 3. The number of fused-ring (bicyclic) bond motifs is 2. The van der Waals surface area contributed by atoms with Gasteiger partial charge in [-0.15, -0.1) is 0 Å². The molecule has 1 aliphatic rings. The summed E-state index contributed by atoms with van der Waals surface area (Å²) in [6, 6.07) is 4.30. The number of nitrogen functional groups attached to an aromatic ring is 1. The number of nitrogens with two attached hydrogens (primary N) is 1. The molecule has 4 aromatic rings. The molecule has 0 amide bonds. The number of thiazole rings is 1. The minimum Gasteiger partial charge on any atom is -0.375 e. The Morgan fingerprint density at radius 2 is 1.83 bits per heavy atom. The van der Waals surface area contributed by atoms with Crippen molar-refractivity contribution in [1.82, 2.24) is 20.3 Å². The summed E-state index contributed by atoms with van der Waals surface area (Å²) in [5.41, 5.74) is 6.46. The van der Waals surface area contributed by atoms with E-state index in [-0.39, 0.29) is 36.7 Å². The number of nitrogens with one attached hydrogen (secondary N) is 1. The normalized spacial score (nSPS) is 14.7. The second-order valence-electron chi connectivity index (χ2n) is 6.82. The molecular weight excluding hydrogens is 453 g/mol. The van der Waals surface area contributed by atoms with Gasteiger partial charge in [0.2, 0.25) is 5.28 Å². The maximum Gasteiger partial charge on any atom is 0.225 e. The molecule has 11 heteroatoms. The zero-order valence-electron chi connectivity index (χ0n) is 15.3. The summed E-state index contributed by atoms with van der Waals surface area (Å²) >= 11 is 13.7. The molecule has 3 N–H and O–H groups in total. The van der Waals surface area contributed by atoms with E-state index in [0.717, 1.165) is 24.4 Å². The first kappa shape index (κ1) is 19.6. The molecule has 0 saturated carbocycles. The van der Waals surface area contributed by atoms with Crippen molar-refractivity contribution in [2.45, 2.75) is 0 Å². The highest BCUT2D eigenvalue weighted by atomic mass is 35.5. The number of halogens is 4. The van der Waals surface area contributed by atoms with Crippen LogP contribution in [0.5, 0.6) is 0 Å². The Balaban J connectivity index is 1.79. The van der Waals surface area contributed by atoms with Crippen LogP contribution in [-0.4, -0.2) is 41.1 Å². The van der Waals surface area contributed by atoms with Crippen molar-refractivity contribution in [3.8, 4) is 11.1 Å². The van der Waals surface area contributed by atoms with Gasteiger partial charge in [0.15, 0.2) is 10.9 Å². The van der Waals surface area contributed by atoms with E-state index in [4.69, 9.17) is 28.9 Å². The number of hydrogen-bond donors (Lipinski definition) is 2. The molecule has 0 unspecified atom stereocenters. The van der Waals surface area contributed by atoms with Crippen LogP contribution in [0.3, 0.4) is 0 Å². The number of benzene rings is 2. The van der Waals surface area contributed by atoms with E-state index in [9.17, 15) is 4.39 Å². The first-order valence-corrected chi connectivity index (χ1v) is 10.7. The molecule has 5 rings (SSSR count). The maximum absolute atomic E-state index is 15.8. The third-order valence-electron chi connectivity index (χ3n) is 5.03. The highest BCUT2D eigenvalue weighted by Gasteiger charge is 2.24. The predicted molar refractivity (Wildman–Crippen MR) is 118 cm³/mol. The SMILES string of the molecule is Nc1nc2c(-c3c(Cl)cc4c(N5CCNCC5)nc(Cl)nc4c3F)ccc(F)c2s1. The zero-order chi connectivity index (χ0) is 21.0. The molecule has 6 nitrogen and oxygen atoms in total. The predicted octanol–water partition coefficient (Wildman–Crippen LogP) is 4.48. The summed E-state index contributed by atoms with van der Waals surface area (Å²) < 4.78 is 30.2. The van der Waals surface area contributed by atoms with Crippen LogP contribution in [0.2, 0.25) is 10.3 Å². The minimum absolute atomic E-state index is 0.0450. The summed E-state index contributed by atoms with van der Waals surface area (Å²) in [5, 5.41) is 3.98. The fourth-order valence-electron chi connectivity index (χ4n) is 3.71. The van der Waals surface area contributed by atoms with Crippen LogP contribution in [0.4, 0.5) is 19.7 Å². The third kappa shape index (κ3) is 3.13. The van der Waals surface area contributed by atoms with Crippen molar-refractivity contribution in [2.24, 2.45) is 0 Å².